The van der Waals surface area contributed by atoms with Crippen molar-refractivity contribution in [2.75, 3.05) is 13.6 Å². The third-order valence-corrected chi connectivity index (χ3v) is 5.04. The van der Waals surface area contributed by atoms with Crippen LogP contribution < -0.4 is 5.14 Å². The van der Waals surface area contributed by atoms with Crippen molar-refractivity contribution < 1.29 is 13.2 Å². The van der Waals surface area contributed by atoms with E-state index >= 15 is 0 Å². The SMILES string of the molecule is CCCCN(C)C(=O)Cc1ccc(S(N)(=O)=O)s1. The standard InChI is InChI=1S/C11H18N2O3S2/c1-3-4-7-13(2)10(14)8-9-5-6-11(17-9)18(12,15)16/h5-6H,3-4,7-8H2,1-2H3,(H2,12,15,16). The number of hydrogen-bond donors (Lipinski definition) is 1. The van der Waals surface area contributed by atoms with Gasteiger partial charge in [-0.3, -0.25) is 4.79 Å². The van der Waals surface area contributed by atoms with Crippen molar-refractivity contribution in [2.24, 2.45) is 5.14 Å². The second-order valence-electron chi connectivity index (χ2n) is 4.11. The predicted molar refractivity (Wildman–Crippen MR) is 71.9 cm³/mol. The first-order chi connectivity index (χ1) is 8.34. The highest BCUT2D eigenvalue weighted by atomic mass is 32.2. The molecule has 5 nitrogen and oxygen atoms in total. The number of nitrogens with zero attached hydrogens (tertiary/aromatic N) is 1. The number of sulfonamides is 1. The van der Waals surface area contributed by atoms with E-state index in [2.05, 4.69) is 6.92 Å². The summed E-state index contributed by atoms with van der Waals surface area (Å²) in [5.41, 5.74) is 0. The molecule has 0 unspecified atom stereocenters. The zero-order valence-corrected chi connectivity index (χ0v) is 12.2. The van der Waals surface area contributed by atoms with Crippen LogP contribution >= 0.6 is 11.3 Å². The summed E-state index contributed by atoms with van der Waals surface area (Å²) >= 11 is 1.05. The fourth-order valence-electron chi connectivity index (χ4n) is 1.41. The Labute approximate surface area is 112 Å². The lowest BCUT2D eigenvalue weighted by Crippen LogP contribution is -2.28. The van der Waals surface area contributed by atoms with E-state index in [0.717, 1.165) is 30.7 Å². The molecular formula is C11H18N2O3S2. The molecule has 1 rings (SSSR count). The number of primary sulfonamides is 1. The molecule has 0 bridgehead atoms. The van der Waals surface area contributed by atoms with E-state index in [1.807, 2.05) is 0 Å². The number of carbonyl (C=O) groups is 1. The zero-order chi connectivity index (χ0) is 13.8. The van der Waals surface area contributed by atoms with E-state index < -0.39 is 10.0 Å². The molecule has 2 N–H and O–H groups in total. The van der Waals surface area contributed by atoms with Gasteiger partial charge in [0.2, 0.25) is 15.9 Å². The summed E-state index contributed by atoms with van der Waals surface area (Å²) in [6.07, 6.45) is 2.22. The fraction of sp³-hybridized carbons (Fsp3) is 0.545. The Hall–Kier alpha value is -0.920. The highest BCUT2D eigenvalue weighted by Gasteiger charge is 2.14. The van der Waals surface area contributed by atoms with Gasteiger partial charge in [-0.05, 0) is 18.6 Å². The van der Waals surface area contributed by atoms with Crippen LogP contribution in [0.2, 0.25) is 0 Å². The van der Waals surface area contributed by atoms with E-state index in [-0.39, 0.29) is 16.5 Å². The molecule has 0 radical (unpaired) electrons. The maximum Gasteiger partial charge on any atom is 0.247 e. The van der Waals surface area contributed by atoms with E-state index in [1.54, 1.807) is 18.0 Å². The van der Waals surface area contributed by atoms with Gasteiger partial charge in [0, 0.05) is 18.5 Å². The Bertz CT molecular complexity index is 508. The average molecular weight is 290 g/mol. The normalized spacial score (nSPS) is 11.5. The van der Waals surface area contributed by atoms with Crippen LogP contribution in [0.15, 0.2) is 16.3 Å². The third-order valence-electron chi connectivity index (χ3n) is 2.52. The molecule has 0 saturated heterocycles. The Morgan fingerprint density at radius 1 is 1.44 bits per heavy atom. The minimum Gasteiger partial charge on any atom is -0.345 e. The highest BCUT2D eigenvalue weighted by Crippen LogP contribution is 2.21. The second kappa shape index (κ2) is 6.31. The van der Waals surface area contributed by atoms with E-state index in [1.165, 1.54) is 6.07 Å². The minimum absolute atomic E-state index is 0.00808. The maximum absolute atomic E-state index is 11.8. The molecule has 102 valence electrons. The molecule has 0 atom stereocenters. The lowest BCUT2D eigenvalue weighted by atomic mass is 10.3. The first kappa shape index (κ1) is 15.1. The van der Waals surface area contributed by atoms with E-state index in [4.69, 9.17) is 5.14 Å². The van der Waals surface area contributed by atoms with Gasteiger partial charge in [0.25, 0.3) is 0 Å². The first-order valence-electron chi connectivity index (χ1n) is 5.70. The Kier molecular flexibility index (Phi) is 5.30. The average Bonchev–Trinajstić information content (AvgIpc) is 2.73. The molecular weight excluding hydrogens is 272 g/mol. The second-order valence-corrected chi connectivity index (χ2v) is 7.07. The molecule has 0 spiro atoms. The van der Waals surface area contributed by atoms with Crippen molar-refractivity contribution in [1.82, 2.24) is 4.90 Å². The van der Waals surface area contributed by atoms with Crippen LogP contribution in [0.3, 0.4) is 0 Å². The molecule has 0 aliphatic carbocycles. The molecule has 0 aromatic carbocycles. The van der Waals surface area contributed by atoms with Crippen LogP contribution in [-0.4, -0.2) is 32.8 Å². The van der Waals surface area contributed by atoms with Gasteiger partial charge in [-0.1, -0.05) is 13.3 Å². The molecule has 0 aliphatic heterocycles. The number of unbranched alkanes of at least 4 members (excludes halogenated alkanes) is 1. The number of nitrogens with two attached hydrogens (primary N) is 1. The molecule has 7 heteroatoms. The number of rotatable bonds is 6. The Morgan fingerprint density at radius 2 is 2.11 bits per heavy atom. The smallest absolute Gasteiger partial charge is 0.247 e. The van der Waals surface area contributed by atoms with E-state index in [0.29, 0.717) is 4.88 Å². The molecule has 1 aromatic rings. The summed E-state index contributed by atoms with van der Waals surface area (Å²) in [5.74, 6) is -0.00808. The van der Waals surface area contributed by atoms with Gasteiger partial charge in [0.1, 0.15) is 4.21 Å². The molecule has 18 heavy (non-hydrogen) atoms. The van der Waals surface area contributed by atoms with Crippen molar-refractivity contribution in [3.8, 4) is 0 Å². The Balaban J connectivity index is 2.63. The topological polar surface area (TPSA) is 80.5 Å². The predicted octanol–water partition coefficient (Wildman–Crippen LogP) is 1.20. The van der Waals surface area contributed by atoms with Crippen LogP contribution in [0.25, 0.3) is 0 Å². The van der Waals surface area contributed by atoms with Crippen LogP contribution in [0.1, 0.15) is 24.6 Å². The van der Waals surface area contributed by atoms with Crippen molar-refractivity contribution >= 4 is 27.3 Å². The monoisotopic (exact) mass is 290 g/mol. The zero-order valence-electron chi connectivity index (χ0n) is 10.5. The van der Waals surface area contributed by atoms with Crippen molar-refractivity contribution in [3.63, 3.8) is 0 Å². The van der Waals surface area contributed by atoms with Gasteiger partial charge >= 0.3 is 0 Å². The van der Waals surface area contributed by atoms with Gasteiger partial charge in [-0.15, -0.1) is 11.3 Å². The highest BCUT2D eigenvalue weighted by molar-refractivity contribution is 7.91. The molecule has 1 amide bonds. The summed E-state index contributed by atoms with van der Waals surface area (Å²) < 4.78 is 22.3. The lowest BCUT2D eigenvalue weighted by molar-refractivity contribution is -0.129. The maximum atomic E-state index is 11.8. The van der Waals surface area contributed by atoms with Crippen LogP contribution in [0, 0.1) is 0 Å². The van der Waals surface area contributed by atoms with Crippen molar-refractivity contribution in [1.29, 1.82) is 0 Å². The number of thiophene rings is 1. The number of carbonyl (C=O) groups excluding carboxylic acids is 1. The molecule has 0 aliphatic rings. The van der Waals surface area contributed by atoms with Gasteiger partial charge in [0.05, 0.1) is 6.42 Å². The van der Waals surface area contributed by atoms with Crippen LogP contribution in [0.5, 0.6) is 0 Å². The van der Waals surface area contributed by atoms with Gasteiger partial charge in [-0.25, -0.2) is 13.6 Å². The number of hydrogen-bond acceptors (Lipinski definition) is 4. The molecule has 1 heterocycles. The molecule has 1 aromatic heterocycles. The Morgan fingerprint density at radius 3 is 2.61 bits per heavy atom. The number of amides is 1. The van der Waals surface area contributed by atoms with Gasteiger partial charge < -0.3 is 4.90 Å². The minimum atomic E-state index is -3.66. The summed E-state index contributed by atoms with van der Waals surface area (Å²) in [7, 11) is -1.90. The van der Waals surface area contributed by atoms with E-state index in [9.17, 15) is 13.2 Å². The quantitative estimate of drug-likeness (QED) is 0.854. The molecule has 0 fully saturated rings. The van der Waals surface area contributed by atoms with Gasteiger partial charge in [0.15, 0.2) is 0 Å². The van der Waals surface area contributed by atoms with Crippen LogP contribution in [0.4, 0.5) is 0 Å². The number of likely N-dealkylation sites (N-methyl/N-ethyl adjacent to an activating group) is 1. The lowest BCUT2D eigenvalue weighted by Gasteiger charge is -2.15. The summed E-state index contributed by atoms with van der Waals surface area (Å²) in [6.45, 7) is 2.79. The largest absolute Gasteiger partial charge is 0.345 e. The first-order valence-corrected chi connectivity index (χ1v) is 8.06. The van der Waals surface area contributed by atoms with Gasteiger partial charge in [-0.2, -0.15) is 0 Å². The van der Waals surface area contributed by atoms with Crippen LogP contribution in [-0.2, 0) is 21.2 Å². The van der Waals surface area contributed by atoms with Crippen molar-refractivity contribution in [2.45, 2.75) is 30.4 Å². The third kappa shape index (κ3) is 4.40. The summed E-state index contributed by atoms with van der Waals surface area (Å²) in [6, 6.07) is 3.07. The fourth-order valence-corrected chi connectivity index (χ4v) is 3.18. The van der Waals surface area contributed by atoms with Crippen molar-refractivity contribution in [3.05, 3.63) is 17.0 Å². The summed E-state index contributed by atoms with van der Waals surface area (Å²) in [5, 5.41) is 5.01. The summed E-state index contributed by atoms with van der Waals surface area (Å²) in [4.78, 5) is 14.2. The molecule has 0 saturated carbocycles.